The van der Waals surface area contributed by atoms with Crippen molar-refractivity contribution in [3.05, 3.63) is 0 Å². The second kappa shape index (κ2) is 27.9. The number of quaternary nitrogens is 1. The summed E-state index contributed by atoms with van der Waals surface area (Å²) in [4.78, 5) is 0. The zero-order valence-electron chi connectivity index (χ0n) is 24.1. The Balaban J connectivity index is -0.00000311. The Morgan fingerprint density at radius 3 is 1.15 bits per heavy atom. The molecule has 1 N–H and O–H groups in total. The highest BCUT2D eigenvalue weighted by Crippen LogP contribution is 2.17. The van der Waals surface area contributed by atoms with Crippen LogP contribution in [0.5, 0.6) is 0 Å². The molecule has 0 saturated heterocycles. The lowest BCUT2D eigenvalue weighted by atomic mass is 10.0. The molecule has 0 spiro atoms. The maximum Gasteiger partial charge on any atom is 0.500 e. The average molecular weight is 528 g/mol. The fourth-order valence-electron chi connectivity index (χ4n) is 4.48. The Bertz CT molecular complexity index is 377. The summed E-state index contributed by atoms with van der Waals surface area (Å²) in [6.45, 7) is 4.72. The van der Waals surface area contributed by atoms with E-state index >= 15 is 0 Å². The number of aliphatic hydroxyl groups is 1. The minimum atomic E-state index is -2.40. The van der Waals surface area contributed by atoms with Crippen LogP contribution in [-0.2, 0) is 13.3 Å². The van der Waals surface area contributed by atoms with Gasteiger partial charge in [-0.2, -0.15) is 0 Å². The molecule has 0 amide bonds. The van der Waals surface area contributed by atoms with E-state index in [0.717, 1.165) is 30.6 Å². The Hall–Kier alpha value is 0.307. The van der Waals surface area contributed by atoms with Crippen molar-refractivity contribution in [2.24, 2.45) is 0 Å². The van der Waals surface area contributed by atoms with Crippen LogP contribution in [0.25, 0.3) is 0 Å². The molecule has 0 aliphatic heterocycles. The summed E-state index contributed by atoms with van der Waals surface area (Å²) >= 11 is 0. The summed E-state index contributed by atoms with van der Waals surface area (Å²) in [5, 5.41) is 7.00. The molecule has 0 unspecified atom stereocenters. The van der Waals surface area contributed by atoms with Crippen molar-refractivity contribution < 1.29 is 35.3 Å². The maximum absolute atomic E-state index is 7.00. The van der Waals surface area contributed by atoms with Gasteiger partial charge in [-0.1, -0.05) is 96.8 Å². The molecule has 5 nitrogen and oxygen atoms in total. The monoisotopic (exact) mass is 527 g/mol. The summed E-state index contributed by atoms with van der Waals surface area (Å²) in [6.07, 6.45) is 24.0. The minimum absolute atomic E-state index is 0. The highest BCUT2D eigenvalue weighted by Gasteiger charge is 2.37. The van der Waals surface area contributed by atoms with Gasteiger partial charge in [0.1, 0.15) is 0 Å². The van der Waals surface area contributed by atoms with E-state index in [1.807, 2.05) is 0 Å². The zero-order chi connectivity index (χ0) is 25.3. The van der Waals surface area contributed by atoms with Crippen molar-refractivity contribution in [3.8, 4) is 0 Å². The number of hydrogen-bond donors (Lipinski definition) is 1. The normalized spacial score (nSPS) is 11.6. The van der Waals surface area contributed by atoms with Gasteiger partial charge >= 0.3 is 8.80 Å². The van der Waals surface area contributed by atoms with Gasteiger partial charge in [0, 0.05) is 40.9 Å². The Labute approximate surface area is 221 Å². The minimum Gasteiger partial charge on any atom is -1.00 e. The highest BCUT2D eigenvalue weighted by molar-refractivity contribution is 6.60. The van der Waals surface area contributed by atoms with Gasteiger partial charge in [0.25, 0.3) is 0 Å². The first-order chi connectivity index (χ1) is 15.9. The fourth-order valence-corrected chi connectivity index (χ4v) is 6.18. The molecular weight excluding hydrogens is 466 g/mol. The van der Waals surface area contributed by atoms with E-state index in [2.05, 4.69) is 21.0 Å². The summed E-state index contributed by atoms with van der Waals surface area (Å²) in [5.41, 5.74) is 0. The molecule has 34 heavy (non-hydrogen) atoms. The van der Waals surface area contributed by atoms with E-state index in [1.165, 1.54) is 109 Å². The first-order valence-electron chi connectivity index (χ1n) is 13.9. The van der Waals surface area contributed by atoms with Crippen molar-refractivity contribution in [1.82, 2.24) is 0 Å². The van der Waals surface area contributed by atoms with Gasteiger partial charge in [-0.3, -0.25) is 0 Å². The van der Waals surface area contributed by atoms with Gasteiger partial charge < -0.3 is 35.3 Å². The molecule has 0 radical (unpaired) electrons. The summed E-state index contributed by atoms with van der Waals surface area (Å²) in [5.74, 6) is 0. The van der Waals surface area contributed by atoms with Crippen molar-refractivity contribution in [2.45, 2.75) is 122 Å². The lowest BCUT2D eigenvalue weighted by Crippen LogP contribution is -3.00. The lowest BCUT2D eigenvalue weighted by Gasteiger charge is -2.31. The second-order valence-electron chi connectivity index (χ2n) is 10.1. The predicted octanol–water partition coefficient (Wildman–Crippen LogP) is 4.21. The SMILES string of the molecule is CCCCCCCCCCCCCCCCCC[N+](C)(C)CCC[Si](OC)(OC)OC.CO.[Cl-]. The molecule has 0 rings (SSSR count). The third kappa shape index (κ3) is 24.0. The van der Waals surface area contributed by atoms with Crippen LogP contribution in [0.4, 0.5) is 0 Å². The topological polar surface area (TPSA) is 47.9 Å². The van der Waals surface area contributed by atoms with Gasteiger partial charge in [0.15, 0.2) is 0 Å². The molecule has 0 aliphatic carbocycles. The zero-order valence-corrected chi connectivity index (χ0v) is 25.9. The molecule has 0 bridgehead atoms. The van der Waals surface area contributed by atoms with Crippen LogP contribution in [0.1, 0.15) is 116 Å². The second-order valence-corrected chi connectivity index (χ2v) is 13.2. The molecule has 0 saturated carbocycles. The van der Waals surface area contributed by atoms with Crippen molar-refractivity contribution in [1.29, 1.82) is 0 Å². The van der Waals surface area contributed by atoms with Crippen molar-refractivity contribution >= 4 is 8.80 Å². The lowest BCUT2D eigenvalue weighted by molar-refractivity contribution is -0.890. The average Bonchev–Trinajstić information content (AvgIpc) is 2.83. The molecule has 0 atom stereocenters. The molecule has 0 fully saturated rings. The number of halogens is 1. The van der Waals surface area contributed by atoms with E-state index in [9.17, 15) is 0 Å². The molecule has 0 aromatic rings. The van der Waals surface area contributed by atoms with Gasteiger partial charge in [-0.05, 0) is 12.8 Å². The summed E-state index contributed by atoms with van der Waals surface area (Å²) in [6, 6.07) is 0.900. The summed E-state index contributed by atoms with van der Waals surface area (Å²) < 4.78 is 17.7. The van der Waals surface area contributed by atoms with E-state index < -0.39 is 8.80 Å². The van der Waals surface area contributed by atoms with Gasteiger partial charge in [0.2, 0.25) is 0 Å². The number of unbranched alkanes of at least 4 members (excludes halogenated alkanes) is 15. The number of aliphatic hydroxyl groups excluding tert-OH is 1. The Morgan fingerprint density at radius 1 is 0.529 bits per heavy atom. The third-order valence-electron chi connectivity index (χ3n) is 6.80. The van der Waals surface area contributed by atoms with Crippen LogP contribution in [-0.4, -0.2) is 74.0 Å². The van der Waals surface area contributed by atoms with E-state index in [-0.39, 0.29) is 12.4 Å². The van der Waals surface area contributed by atoms with Crippen LogP contribution in [0.15, 0.2) is 0 Å². The van der Waals surface area contributed by atoms with Crippen molar-refractivity contribution in [2.75, 3.05) is 55.6 Å². The summed E-state index contributed by atoms with van der Waals surface area (Å²) in [7, 11) is 8.40. The number of rotatable bonds is 24. The van der Waals surface area contributed by atoms with Crippen LogP contribution < -0.4 is 12.4 Å². The smallest absolute Gasteiger partial charge is 0.500 e. The van der Waals surface area contributed by atoms with Gasteiger partial charge in [-0.25, -0.2) is 0 Å². The van der Waals surface area contributed by atoms with Crippen LogP contribution in [0.3, 0.4) is 0 Å². The van der Waals surface area contributed by atoms with Crippen LogP contribution in [0.2, 0.25) is 6.04 Å². The Kier molecular flexibility index (Phi) is 31.8. The van der Waals surface area contributed by atoms with Crippen LogP contribution >= 0.6 is 0 Å². The molecule has 0 heterocycles. The molecule has 7 heteroatoms. The highest BCUT2D eigenvalue weighted by atomic mass is 35.5. The molecule has 0 aromatic carbocycles. The van der Waals surface area contributed by atoms with Gasteiger partial charge in [-0.15, -0.1) is 0 Å². The van der Waals surface area contributed by atoms with Gasteiger partial charge in [0.05, 0.1) is 27.2 Å². The Morgan fingerprint density at radius 2 is 0.824 bits per heavy atom. The predicted molar refractivity (Wildman–Crippen MR) is 146 cm³/mol. The maximum atomic E-state index is 7.00. The number of hydrogen-bond acceptors (Lipinski definition) is 4. The van der Waals surface area contributed by atoms with E-state index in [1.54, 1.807) is 21.3 Å². The molecule has 0 aromatic heterocycles. The van der Waals surface area contributed by atoms with E-state index in [0.29, 0.717) is 0 Å². The van der Waals surface area contributed by atoms with Crippen molar-refractivity contribution in [3.63, 3.8) is 0 Å². The fraction of sp³-hybridized carbons (Fsp3) is 1.00. The molecule has 0 aliphatic rings. The number of nitrogens with zero attached hydrogens (tertiary/aromatic N) is 1. The standard InChI is InChI=1S/C26H58NO3Si.CH4O.ClH/c1-7-8-9-10-11-12-13-14-15-16-17-18-19-20-21-22-24-27(2,3)25-23-26-31(28-4,29-5)30-6;1-2;/h7-26H2,1-6H3;2H,1H3;1H/q+1;;/p-1. The van der Waals surface area contributed by atoms with E-state index in [4.69, 9.17) is 18.4 Å². The largest absolute Gasteiger partial charge is 1.00 e. The third-order valence-corrected chi connectivity index (χ3v) is 9.63. The first kappa shape index (κ1) is 38.8. The quantitative estimate of drug-likeness (QED) is 0.116. The molecule has 210 valence electrons. The first-order valence-corrected chi connectivity index (χ1v) is 15.8. The molecular formula is C27H62ClNO4Si. The van der Waals surface area contributed by atoms with Crippen LogP contribution in [0, 0.1) is 0 Å².